The van der Waals surface area contributed by atoms with Gasteiger partial charge >= 0.3 is 5.97 Å². The van der Waals surface area contributed by atoms with Gasteiger partial charge in [0.1, 0.15) is 0 Å². The summed E-state index contributed by atoms with van der Waals surface area (Å²) in [7, 11) is 0. The lowest BCUT2D eigenvalue weighted by Gasteiger charge is -1.87. The third kappa shape index (κ3) is 3.76. The second-order valence-corrected chi connectivity index (χ2v) is 1.96. The van der Waals surface area contributed by atoms with Gasteiger partial charge in [0.25, 0.3) is 0 Å². The Kier molecular flexibility index (Phi) is 3.76. The molecule has 0 spiro atoms. The van der Waals surface area contributed by atoms with Crippen LogP contribution < -0.4 is 0 Å². The summed E-state index contributed by atoms with van der Waals surface area (Å²) in [5.41, 5.74) is 0.330. The van der Waals surface area contributed by atoms with Crippen molar-refractivity contribution in [2.45, 2.75) is 26.7 Å². The van der Waals surface area contributed by atoms with Crippen molar-refractivity contribution < 1.29 is 9.90 Å². The van der Waals surface area contributed by atoms with Crippen molar-refractivity contribution in [2.24, 2.45) is 0 Å². The first-order valence-corrected chi connectivity index (χ1v) is 3.06. The van der Waals surface area contributed by atoms with Gasteiger partial charge in [0.05, 0.1) is 0 Å². The van der Waals surface area contributed by atoms with E-state index in [1.54, 1.807) is 13.0 Å². The Morgan fingerprint density at radius 2 is 2.11 bits per heavy atom. The molecular formula is C7H11O2. The molecule has 0 unspecified atom stereocenters. The Hall–Kier alpha value is -0.790. The van der Waals surface area contributed by atoms with Gasteiger partial charge in [-0.2, -0.15) is 0 Å². The van der Waals surface area contributed by atoms with Crippen LogP contribution in [0.2, 0.25) is 0 Å². The van der Waals surface area contributed by atoms with Crippen LogP contribution >= 0.6 is 0 Å². The molecule has 0 heterocycles. The molecule has 0 aliphatic heterocycles. The number of rotatable bonds is 3. The van der Waals surface area contributed by atoms with Crippen LogP contribution in [0.15, 0.2) is 11.6 Å². The number of allylic oxidation sites excluding steroid dienone is 1. The van der Waals surface area contributed by atoms with E-state index in [4.69, 9.17) is 0 Å². The van der Waals surface area contributed by atoms with E-state index in [1.807, 2.05) is 6.92 Å². The van der Waals surface area contributed by atoms with Crippen molar-refractivity contribution in [3.63, 3.8) is 0 Å². The minimum atomic E-state index is -1.07. The third-order valence-corrected chi connectivity index (χ3v) is 1.06. The zero-order valence-electron chi connectivity index (χ0n) is 5.81. The number of unbranched alkanes of at least 4 members (excludes halogenated alkanes) is 1. The summed E-state index contributed by atoms with van der Waals surface area (Å²) in [5, 5.41) is 10.0. The summed E-state index contributed by atoms with van der Waals surface area (Å²) < 4.78 is 0. The highest BCUT2D eigenvalue weighted by Crippen LogP contribution is 1.97. The maximum atomic E-state index is 10.0. The maximum absolute atomic E-state index is 10.0. The van der Waals surface area contributed by atoms with Gasteiger partial charge in [-0.25, -0.2) is 9.90 Å². The first-order valence-electron chi connectivity index (χ1n) is 3.06. The summed E-state index contributed by atoms with van der Waals surface area (Å²) in [6.45, 7) is 3.55. The molecule has 0 aliphatic rings. The first kappa shape index (κ1) is 8.21. The minimum absolute atomic E-state index is 0.330. The van der Waals surface area contributed by atoms with Crippen LogP contribution in [0.25, 0.3) is 0 Å². The maximum Gasteiger partial charge on any atom is 0.381 e. The number of carbonyl (C=O) groups is 1. The number of carbonyl (C=O) groups excluding carboxylic acids is 1. The zero-order valence-corrected chi connectivity index (χ0v) is 5.81. The average Bonchev–Trinajstić information content (AvgIpc) is 1.82. The predicted octanol–water partition coefficient (Wildman–Crippen LogP) is 1.69. The van der Waals surface area contributed by atoms with Crippen molar-refractivity contribution >= 4 is 5.97 Å². The Labute approximate surface area is 55.2 Å². The van der Waals surface area contributed by atoms with Crippen molar-refractivity contribution in [3.05, 3.63) is 11.6 Å². The van der Waals surface area contributed by atoms with E-state index in [2.05, 4.69) is 0 Å². The van der Waals surface area contributed by atoms with Crippen LogP contribution in [0.3, 0.4) is 0 Å². The fourth-order valence-electron chi connectivity index (χ4n) is 0.444. The summed E-state index contributed by atoms with van der Waals surface area (Å²) in [6.07, 6.45) is 3.47. The van der Waals surface area contributed by atoms with Crippen molar-refractivity contribution in [1.29, 1.82) is 0 Å². The topological polar surface area (TPSA) is 37.0 Å². The standard InChI is InChI=1S/C7H11O2/c1-3-4-5-6(2)7(8)9/h5H,3-4H2,1-2H3/b6-5+. The van der Waals surface area contributed by atoms with Gasteiger partial charge in [0, 0.05) is 5.57 Å². The van der Waals surface area contributed by atoms with Crippen LogP contribution in [0.5, 0.6) is 0 Å². The van der Waals surface area contributed by atoms with Crippen molar-refractivity contribution in [2.75, 3.05) is 0 Å². The molecule has 0 aromatic carbocycles. The van der Waals surface area contributed by atoms with Gasteiger partial charge in [0.2, 0.25) is 0 Å². The molecule has 9 heavy (non-hydrogen) atoms. The van der Waals surface area contributed by atoms with Gasteiger partial charge < -0.3 is 0 Å². The Balaban J connectivity index is 3.69. The molecule has 0 bridgehead atoms. The normalized spacial score (nSPS) is 11.6. The van der Waals surface area contributed by atoms with Crippen LogP contribution in [0.4, 0.5) is 0 Å². The first-order chi connectivity index (χ1) is 4.18. The Morgan fingerprint density at radius 1 is 1.56 bits per heavy atom. The molecule has 0 aromatic heterocycles. The number of hydrogen-bond acceptors (Lipinski definition) is 1. The Morgan fingerprint density at radius 3 is 2.44 bits per heavy atom. The van der Waals surface area contributed by atoms with Crippen LogP contribution in [0.1, 0.15) is 26.7 Å². The highest BCUT2D eigenvalue weighted by molar-refractivity contribution is 5.85. The Bertz CT molecular complexity index is 125. The SMILES string of the molecule is CCC/C=C(\C)C([O])=O. The molecule has 0 rings (SSSR count). The molecule has 0 amide bonds. The monoisotopic (exact) mass is 127 g/mol. The second-order valence-electron chi connectivity index (χ2n) is 1.96. The van der Waals surface area contributed by atoms with E-state index in [-0.39, 0.29) is 0 Å². The lowest BCUT2D eigenvalue weighted by Crippen LogP contribution is -1.92. The van der Waals surface area contributed by atoms with E-state index >= 15 is 0 Å². The van der Waals surface area contributed by atoms with Crippen LogP contribution in [-0.2, 0) is 9.90 Å². The van der Waals surface area contributed by atoms with Gasteiger partial charge in [-0.1, -0.05) is 19.4 Å². The van der Waals surface area contributed by atoms with Crippen molar-refractivity contribution in [1.82, 2.24) is 0 Å². The molecule has 0 saturated heterocycles. The molecule has 1 radical (unpaired) electrons. The molecule has 0 saturated carbocycles. The summed E-state index contributed by atoms with van der Waals surface area (Å²) in [4.78, 5) is 10.0. The van der Waals surface area contributed by atoms with Gasteiger partial charge in [-0.05, 0) is 13.3 Å². The van der Waals surface area contributed by atoms with Crippen LogP contribution in [-0.4, -0.2) is 5.97 Å². The van der Waals surface area contributed by atoms with E-state index in [0.717, 1.165) is 12.8 Å². The second kappa shape index (κ2) is 4.13. The third-order valence-electron chi connectivity index (χ3n) is 1.06. The van der Waals surface area contributed by atoms with E-state index < -0.39 is 5.97 Å². The average molecular weight is 127 g/mol. The van der Waals surface area contributed by atoms with Gasteiger partial charge in [-0.15, -0.1) is 0 Å². The lowest BCUT2D eigenvalue weighted by molar-refractivity contribution is -0.138. The molecular weight excluding hydrogens is 116 g/mol. The van der Waals surface area contributed by atoms with E-state index in [1.165, 1.54) is 0 Å². The zero-order chi connectivity index (χ0) is 7.28. The van der Waals surface area contributed by atoms with E-state index in [0.29, 0.717) is 5.57 Å². The predicted molar refractivity (Wildman–Crippen MR) is 34.4 cm³/mol. The molecule has 0 atom stereocenters. The fraction of sp³-hybridized carbons (Fsp3) is 0.571. The molecule has 0 N–H and O–H groups in total. The molecule has 0 aromatic rings. The molecule has 2 nitrogen and oxygen atoms in total. The quantitative estimate of drug-likeness (QED) is 0.531. The molecule has 51 valence electrons. The highest BCUT2D eigenvalue weighted by atomic mass is 16.4. The van der Waals surface area contributed by atoms with Gasteiger partial charge in [0.15, 0.2) is 0 Å². The van der Waals surface area contributed by atoms with Crippen molar-refractivity contribution in [3.8, 4) is 0 Å². The number of hydrogen-bond donors (Lipinski definition) is 0. The fourth-order valence-corrected chi connectivity index (χ4v) is 0.444. The molecule has 2 heteroatoms. The summed E-state index contributed by atoms with van der Waals surface area (Å²) in [6, 6.07) is 0. The molecule has 0 fully saturated rings. The molecule has 0 aliphatic carbocycles. The van der Waals surface area contributed by atoms with E-state index in [9.17, 15) is 9.90 Å². The summed E-state index contributed by atoms with van der Waals surface area (Å²) in [5.74, 6) is -1.07. The minimum Gasteiger partial charge on any atom is -0.242 e. The van der Waals surface area contributed by atoms with Crippen LogP contribution in [0, 0.1) is 0 Å². The smallest absolute Gasteiger partial charge is 0.242 e. The van der Waals surface area contributed by atoms with Gasteiger partial charge in [-0.3, -0.25) is 0 Å². The largest absolute Gasteiger partial charge is 0.381 e. The lowest BCUT2D eigenvalue weighted by atomic mass is 10.2. The summed E-state index contributed by atoms with van der Waals surface area (Å²) >= 11 is 0. The highest BCUT2D eigenvalue weighted by Gasteiger charge is 1.99.